The van der Waals surface area contributed by atoms with E-state index in [4.69, 9.17) is 16.9 Å². The predicted octanol–water partition coefficient (Wildman–Crippen LogP) is 5.17. The first kappa shape index (κ1) is 15.5. The Hall–Kier alpha value is -2.38. The molecule has 0 saturated heterocycles. The minimum atomic E-state index is -0.278. The molecule has 0 spiro atoms. The lowest BCUT2D eigenvalue weighted by atomic mass is 10.2. The Balaban J connectivity index is 2.23. The van der Waals surface area contributed by atoms with Gasteiger partial charge < -0.3 is 4.57 Å². The zero-order valence-electron chi connectivity index (χ0n) is 12.7. The van der Waals surface area contributed by atoms with Crippen LogP contribution < -0.4 is 0 Å². The minimum Gasteiger partial charge on any atom is -0.324 e. The summed E-state index contributed by atoms with van der Waals surface area (Å²) in [6.07, 6.45) is 2.05. The van der Waals surface area contributed by atoms with Crippen molar-refractivity contribution < 1.29 is 4.39 Å². The summed E-state index contributed by atoms with van der Waals surface area (Å²) >= 11 is 6.17. The van der Waals surface area contributed by atoms with Gasteiger partial charge in [-0.1, -0.05) is 24.9 Å². The quantitative estimate of drug-likeness (QED) is 0.663. The van der Waals surface area contributed by atoms with Gasteiger partial charge in [0.2, 0.25) is 0 Å². The highest BCUT2D eigenvalue weighted by Gasteiger charge is 2.15. The predicted molar refractivity (Wildman–Crippen MR) is 89.8 cm³/mol. The monoisotopic (exact) mass is 327 g/mol. The van der Waals surface area contributed by atoms with Gasteiger partial charge in [-0.05, 0) is 42.8 Å². The lowest BCUT2D eigenvalue weighted by Crippen LogP contribution is -2.00. The summed E-state index contributed by atoms with van der Waals surface area (Å²) in [5.41, 5.74) is 2.86. The number of unbranched alkanes of at least 4 members (excludes halogenated alkanes) is 1. The van der Waals surface area contributed by atoms with Gasteiger partial charge in [-0.2, -0.15) is 5.26 Å². The van der Waals surface area contributed by atoms with Crippen molar-refractivity contribution in [3.8, 4) is 17.5 Å². The van der Waals surface area contributed by atoms with Crippen LogP contribution in [0.4, 0.5) is 4.39 Å². The standard InChI is InChI=1S/C18H15ClFN3/c1-2-3-8-23-17-10-15(19)13(11-21)9-16(17)22-18(23)12-4-6-14(20)7-5-12/h4-7,9-10H,2-3,8H2,1H3. The van der Waals surface area contributed by atoms with Crippen molar-refractivity contribution in [1.82, 2.24) is 9.55 Å². The average Bonchev–Trinajstić information content (AvgIpc) is 2.90. The van der Waals surface area contributed by atoms with Gasteiger partial charge in [-0.3, -0.25) is 0 Å². The van der Waals surface area contributed by atoms with Crippen LogP contribution in [0.5, 0.6) is 0 Å². The molecule has 1 heterocycles. The van der Waals surface area contributed by atoms with Gasteiger partial charge in [0, 0.05) is 12.1 Å². The number of benzene rings is 2. The first-order valence-electron chi connectivity index (χ1n) is 7.50. The van der Waals surface area contributed by atoms with Crippen molar-refractivity contribution in [3.63, 3.8) is 0 Å². The van der Waals surface area contributed by atoms with Crippen LogP contribution in [-0.4, -0.2) is 9.55 Å². The van der Waals surface area contributed by atoms with Crippen LogP contribution in [0.2, 0.25) is 5.02 Å². The molecular formula is C18H15ClFN3. The van der Waals surface area contributed by atoms with E-state index in [1.54, 1.807) is 24.3 Å². The molecule has 2 aromatic carbocycles. The van der Waals surface area contributed by atoms with E-state index in [2.05, 4.69) is 22.5 Å². The number of halogens is 2. The van der Waals surface area contributed by atoms with Crippen molar-refractivity contribution in [2.24, 2.45) is 0 Å². The molecule has 0 fully saturated rings. The van der Waals surface area contributed by atoms with Gasteiger partial charge in [0.05, 0.1) is 21.6 Å². The van der Waals surface area contributed by atoms with Gasteiger partial charge in [0.25, 0.3) is 0 Å². The van der Waals surface area contributed by atoms with Crippen molar-refractivity contribution in [2.75, 3.05) is 0 Å². The fourth-order valence-corrected chi connectivity index (χ4v) is 2.79. The summed E-state index contributed by atoms with van der Waals surface area (Å²) < 4.78 is 15.3. The van der Waals surface area contributed by atoms with E-state index in [-0.39, 0.29) is 5.82 Å². The Bertz CT molecular complexity index is 891. The number of imidazole rings is 1. The number of hydrogen-bond acceptors (Lipinski definition) is 2. The highest BCUT2D eigenvalue weighted by molar-refractivity contribution is 6.32. The van der Waals surface area contributed by atoms with E-state index in [0.29, 0.717) is 10.6 Å². The lowest BCUT2D eigenvalue weighted by Gasteiger charge is -2.09. The molecule has 0 aliphatic heterocycles. The molecule has 0 saturated carbocycles. The summed E-state index contributed by atoms with van der Waals surface area (Å²) in [4.78, 5) is 4.65. The molecular weight excluding hydrogens is 313 g/mol. The maximum atomic E-state index is 13.2. The molecule has 0 aliphatic rings. The third-order valence-electron chi connectivity index (χ3n) is 3.80. The van der Waals surface area contributed by atoms with Crippen molar-refractivity contribution in [2.45, 2.75) is 26.3 Å². The molecule has 0 amide bonds. The highest BCUT2D eigenvalue weighted by atomic mass is 35.5. The van der Waals surface area contributed by atoms with Crippen molar-refractivity contribution >= 4 is 22.6 Å². The van der Waals surface area contributed by atoms with Crippen LogP contribution >= 0.6 is 11.6 Å². The Morgan fingerprint density at radius 2 is 2.00 bits per heavy atom. The molecule has 23 heavy (non-hydrogen) atoms. The molecule has 3 rings (SSSR count). The Labute approximate surface area is 138 Å². The minimum absolute atomic E-state index is 0.278. The molecule has 0 aliphatic carbocycles. The van der Waals surface area contributed by atoms with Crippen molar-refractivity contribution in [1.29, 1.82) is 5.26 Å². The molecule has 3 nitrogen and oxygen atoms in total. The van der Waals surface area contributed by atoms with E-state index < -0.39 is 0 Å². The Morgan fingerprint density at radius 3 is 2.65 bits per heavy atom. The first-order valence-corrected chi connectivity index (χ1v) is 7.87. The van der Waals surface area contributed by atoms with Crippen LogP contribution in [0.3, 0.4) is 0 Å². The van der Waals surface area contributed by atoms with E-state index in [1.165, 1.54) is 12.1 Å². The van der Waals surface area contributed by atoms with E-state index >= 15 is 0 Å². The number of fused-ring (bicyclic) bond motifs is 1. The summed E-state index contributed by atoms with van der Waals surface area (Å²) in [5, 5.41) is 9.55. The zero-order valence-corrected chi connectivity index (χ0v) is 13.4. The van der Waals surface area contributed by atoms with Gasteiger partial charge in [-0.15, -0.1) is 0 Å². The summed E-state index contributed by atoms with van der Waals surface area (Å²) in [6.45, 7) is 2.92. The fourth-order valence-electron chi connectivity index (χ4n) is 2.59. The SMILES string of the molecule is CCCCn1c(-c2ccc(F)cc2)nc2cc(C#N)c(Cl)cc21. The second kappa shape index (κ2) is 6.39. The maximum absolute atomic E-state index is 13.2. The van der Waals surface area contributed by atoms with E-state index in [9.17, 15) is 4.39 Å². The van der Waals surface area contributed by atoms with Crippen LogP contribution in [0.25, 0.3) is 22.4 Å². The largest absolute Gasteiger partial charge is 0.324 e. The second-order valence-electron chi connectivity index (χ2n) is 5.38. The third kappa shape index (κ3) is 2.93. The van der Waals surface area contributed by atoms with Crippen LogP contribution in [0, 0.1) is 17.1 Å². The van der Waals surface area contributed by atoms with Gasteiger partial charge >= 0.3 is 0 Å². The summed E-state index contributed by atoms with van der Waals surface area (Å²) in [6, 6.07) is 11.8. The first-order chi connectivity index (χ1) is 11.1. The molecule has 5 heteroatoms. The Morgan fingerprint density at radius 1 is 1.26 bits per heavy atom. The molecule has 116 valence electrons. The Kier molecular flexibility index (Phi) is 4.31. The summed E-state index contributed by atoms with van der Waals surface area (Å²) in [7, 11) is 0. The third-order valence-corrected chi connectivity index (χ3v) is 4.11. The topological polar surface area (TPSA) is 41.6 Å². The second-order valence-corrected chi connectivity index (χ2v) is 5.79. The van der Waals surface area contributed by atoms with Crippen LogP contribution in [0.15, 0.2) is 36.4 Å². The molecule has 0 unspecified atom stereocenters. The maximum Gasteiger partial charge on any atom is 0.141 e. The zero-order chi connectivity index (χ0) is 16.4. The average molecular weight is 328 g/mol. The normalized spacial score (nSPS) is 10.9. The number of hydrogen-bond donors (Lipinski definition) is 0. The van der Waals surface area contributed by atoms with Gasteiger partial charge in [0.1, 0.15) is 17.7 Å². The number of aromatic nitrogens is 2. The fraction of sp³-hybridized carbons (Fsp3) is 0.222. The number of nitriles is 1. The molecule has 3 aromatic rings. The van der Waals surface area contributed by atoms with Crippen LogP contribution in [-0.2, 0) is 6.54 Å². The van der Waals surface area contributed by atoms with E-state index in [1.807, 2.05) is 0 Å². The molecule has 1 aromatic heterocycles. The lowest BCUT2D eigenvalue weighted by molar-refractivity contribution is 0.627. The van der Waals surface area contributed by atoms with Crippen molar-refractivity contribution in [3.05, 3.63) is 52.8 Å². The van der Waals surface area contributed by atoms with Gasteiger partial charge in [-0.25, -0.2) is 9.37 Å². The highest BCUT2D eigenvalue weighted by Crippen LogP contribution is 2.29. The smallest absolute Gasteiger partial charge is 0.141 e. The summed E-state index contributed by atoms with van der Waals surface area (Å²) in [5.74, 6) is 0.486. The van der Waals surface area contributed by atoms with Gasteiger partial charge in [0.15, 0.2) is 0 Å². The number of aryl methyl sites for hydroxylation is 1. The van der Waals surface area contributed by atoms with Crippen LogP contribution in [0.1, 0.15) is 25.3 Å². The molecule has 0 N–H and O–H groups in total. The number of nitrogens with zero attached hydrogens (tertiary/aromatic N) is 3. The molecule has 0 atom stereocenters. The molecule has 0 radical (unpaired) electrons. The molecule has 0 bridgehead atoms. The number of rotatable bonds is 4. The van der Waals surface area contributed by atoms with E-state index in [0.717, 1.165) is 41.8 Å².